The van der Waals surface area contributed by atoms with Crippen molar-refractivity contribution in [1.82, 2.24) is 15.3 Å². The molecule has 0 spiro atoms. The van der Waals surface area contributed by atoms with Crippen molar-refractivity contribution in [1.29, 1.82) is 0 Å². The van der Waals surface area contributed by atoms with Gasteiger partial charge in [-0.25, -0.2) is 4.98 Å². The first-order chi connectivity index (χ1) is 8.24. The van der Waals surface area contributed by atoms with Crippen molar-refractivity contribution in [3.63, 3.8) is 0 Å². The van der Waals surface area contributed by atoms with E-state index in [2.05, 4.69) is 15.8 Å². The van der Waals surface area contributed by atoms with Gasteiger partial charge in [0.25, 0.3) is 5.91 Å². The predicted octanol–water partition coefficient (Wildman–Crippen LogP) is -0.409. The van der Waals surface area contributed by atoms with Crippen LogP contribution >= 0.6 is 0 Å². The van der Waals surface area contributed by atoms with Gasteiger partial charge in [0.2, 0.25) is 0 Å². The highest BCUT2D eigenvalue weighted by Gasteiger charge is 2.21. The van der Waals surface area contributed by atoms with E-state index in [9.17, 15) is 9.90 Å². The molecular weight excluding hydrogens is 220 g/mol. The third-order valence-corrected chi connectivity index (χ3v) is 2.61. The molecule has 3 N–H and O–H groups in total. The molecule has 1 aromatic heterocycles. The first-order valence-corrected chi connectivity index (χ1v) is 5.60. The van der Waals surface area contributed by atoms with Gasteiger partial charge in [0.15, 0.2) is 0 Å². The number of amides is 1. The lowest BCUT2D eigenvalue weighted by Gasteiger charge is -2.14. The average molecular weight is 236 g/mol. The lowest BCUT2D eigenvalue weighted by Crippen LogP contribution is -2.39. The molecule has 1 fully saturated rings. The summed E-state index contributed by atoms with van der Waals surface area (Å²) in [4.78, 5) is 17.5. The summed E-state index contributed by atoms with van der Waals surface area (Å²) < 4.78 is 0. The molecule has 6 heteroatoms. The maximum Gasteiger partial charge on any atom is 0.252 e. The molecule has 1 amide bonds. The van der Waals surface area contributed by atoms with Gasteiger partial charge in [-0.1, -0.05) is 6.07 Å². The second kappa shape index (κ2) is 5.60. The number of carbonyl (C=O) groups excluding carboxylic acids is 1. The van der Waals surface area contributed by atoms with E-state index < -0.39 is 0 Å². The highest BCUT2D eigenvalue weighted by molar-refractivity contribution is 5.79. The zero-order valence-electron chi connectivity index (χ0n) is 9.47. The quantitative estimate of drug-likeness (QED) is 0.620. The normalized spacial score (nSPS) is 20.2. The van der Waals surface area contributed by atoms with E-state index in [0.717, 1.165) is 13.0 Å². The van der Waals surface area contributed by atoms with E-state index in [1.54, 1.807) is 18.3 Å². The Morgan fingerprint density at radius 1 is 1.59 bits per heavy atom. The molecule has 0 saturated carbocycles. The zero-order chi connectivity index (χ0) is 12.1. The molecule has 17 heavy (non-hydrogen) atoms. The first-order valence-electron chi connectivity index (χ1n) is 5.60. The summed E-state index contributed by atoms with van der Waals surface area (Å²) in [5, 5.41) is 9.32. The van der Waals surface area contributed by atoms with Gasteiger partial charge in [0.05, 0.1) is 12.6 Å². The van der Waals surface area contributed by atoms with Gasteiger partial charge in [-0.3, -0.25) is 20.5 Å². The second-order valence-electron chi connectivity index (χ2n) is 4.07. The van der Waals surface area contributed by atoms with Crippen LogP contribution in [0.3, 0.4) is 0 Å². The number of pyridine rings is 1. The molecule has 92 valence electrons. The number of anilines is 1. The lowest BCUT2D eigenvalue weighted by molar-refractivity contribution is -0.121. The molecule has 0 aliphatic carbocycles. The van der Waals surface area contributed by atoms with Crippen molar-refractivity contribution >= 4 is 11.7 Å². The van der Waals surface area contributed by atoms with E-state index >= 15 is 0 Å². The molecule has 1 aliphatic heterocycles. The number of aliphatic hydroxyl groups is 1. The number of hydrogen-bond acceptors (Lipinski definition) is 5. The number of carbonyl (C=O) groups is 1. The van der Waals surface area contributed by atoms with Crippen LogP contribution in [0.5, 0.6) is 0 Å². The van der Waals surface area contributed by atoms with Gasteiger partial charge in [-0.2, -0.15) is 0 Å². The second-order valence-corrected chi connectivity index (χ2v) is 4.07. The number of nitrogens with zero attached hydrogens (tertiary/aromatic N) is 2. The van der Waals surface area contributed by atoms with Crippen molar-refractivity contribution in [2.24, 2.45) is 0 Å². The third kappa shape index (κ3) is 3.69. The minimum Gasteiger partial charge on any atom is -0.392 e. The van der Waals surface area contributed by atoms with Crippen LogP contribution in [0.15, 0.2) is 24.4 Å². The zero-order valence-corrected chi connectivity index (χ0v) is 9.47. The topological polar surface area (TPSA) is 77.5 Å². The average Bonchev–Trinajstić information content (AvgIpc) is 2.73. The van der Waals surface area contributed by atoms with Crippen molar-refractivity contribution in [2.45, 2.75) is 12.5 Å². The van der Waals surface area contributed by atoms with E-state index in [1.165, 1.54) is 0 Å². The Labute approximate surface area is 99.6 Å². The van der Waals surface area contributed by atoms with Gasteiger partial charge in [0.1, 0.15) is 5.82 Å². The Balaban J connectivity index is 1.71. The number of aromatic nitrogens is 1. The van der Waals surface area contributed by atoms with E-state index in [-0.39, 0.29) is 18.6 Å². The Kier molecular flexibility index (Phi) is 3.89. The van der Waals surface area contributed by atoms with Crippen LogP contribution in [0.2, 0.25) is 0 Å². The van der Waals surface area contributed by atoms with E-state index in [0.29, 0.717) is 12.4 Å². The van der Waals surface area contributed by atoms with Crippen LogP contribution in [0.1, 0.15) is 6.42 Å². The molecule has 6 nitrogen and oxygen atoms in total. The molecule has 0 aromatic carbocycles. The smallest absolute Gasteiger partial charge is 0.252 e. The number of rotatable bonds is 4. The van der Waals surface area contributed by atoms with Crippen LogP contribution in [-0.2, 0) is 4.79 Å². The van der Waals surface area contributed by atoms with Gasteiger partial charge in [-0.05, 0) is 18.6 Å². The number of aliphatic hydroxyl groups excluding tert-OH is 1. The number of likely N-dealkylation sites (tertiary alicyclic amines) is 1. The first kappa shape index (κ1) is 11.8. The van der Waals surface area contributed by atoms with Crippen molar-refractivity contribution in [3.8, 4) is 0 Å². The minimum atomic E-state index is -0.299. The Morgan fingerprint density at radius 2 is 2.47 bits per heavy atom. The molecule has 1 aromatic rings. The molecule has 1 aliphatic rings. The van der Waals surface area contributed by atoms with Crippen LogP contribution in [0.25, 0.3) is 0 Å². The predicted molar refractivity (Wildman–Crippen MR) is 63.1 cm³/mol. The van der Waals surface area contributed by atoms with Crippen molar-refractivity contribution < 1.29 is 9.90 Å². The van der Waals surface area contributed by atoms with E-state index in [4.69, 9.17) is 0 Å². The molecule has 0 bridgehead atoms. The maximum absolute atomic E-state index is 11.6. The minimum absolute atomic E-state index is 0.134. The van der Waals surface area contributed by atoms with Gasteiger partial charge in [-0.15, -0.1) is 0 Å². The van der Waals surface area contributed by atoms with Gasteiger partial charge >= 0.3 is 0 Å². The van der Waals surface area contributed by atoms with Gasteiger partial charge in [0, 0.05) is 19.3 Å². The Morgan fingerprint density at radius 3 is 3.12 bits per heavy atom. The summed E-state index contributed by atoms with van der Waals surface area (Å²) >= 11 is 0. The summed E-state index contributed by atoms with van der Waals surface area (Å²) in [6.45, 7) is 1.62. The lowest BCUT2D eigenvalue weighted by atomic mass is 10.3. The summed E-state index contributed by atoms with van der Waals surface area (Å²) in [6, 6.07) is 5.40. The molecular formula is C11H16N4O2. The molecule has 0 unspecified atom stereocenters. The molecule has 1 saturated heterocycles. The van der Waals surface area contributed by atoms with Crippen molar-refractivity contribution in [2.75, 3.05) is 25.1 Å². The summed E-state index contributed by atoms with van der Waals surface area (Å²) in [6.07, 6.45) is 2.08. The van der Waals surface area contributed by atoms with Gasteiger partial charge < -0.3 is 5.11 Å². The summed E-state index contributed by atoms with van der Waals surface area (Å²) in [5.41, 5.74) is 5.30. The SMILES string of the molecule is O=C(CN1CC[C@@H](O)C1)NNc1ccccn1. The fraction of sp³-hybridized carbons (Fsp3) is 0.455. The Bertz CT molecular complexity index is 371. The van der Waals surface area contributed by atoms with E-state index in [1.807, 2.05) is 11.0 Å². The summed E-state index contributed by atoms with van der Waals surface area (Å²) in [5.74, 6) is 0.465. The highest BCUT2D eigenvalue weighted by Crippen LogP contribution is 2.07. The fourth-order valence-electron chi connectivity index (χ4n) is 1.77. The number of β-amino-alcohol motifs (C(OH)–C–C–N with tert-alkyl or cyclic N) is 1. The molecule has 2 heterocycles. The standard InChI is InChI=1S/C11H16N4O2/c16-9-4-6-15(7-9)8-11(17)14-13-10-3-1-2-5-12-10/h1-3,5,9,16H,4,6-8H2,(H,12,13)(H,14,17)/t9-/m1/s1. The number of hydrazine groups is 1. The maximum atomic E-state index is 11.6. The monoisotopic (exact) mass is 236 g/mol. The highest BCUT2D eigenvalue weighted by atomic mass is 16.3. The largest absolute Gasteiger partial charge is 0.392 e. The number of hydrogen-bond donors (Lipinski definition) is 3. The van der Waals surface area contributed by atoms with Crippen LogP contribution in [-0.4, -0.2) is 46.6 Å². The molecule has 2 rings (SSSR count). The molecule has 0 radical (unpaired) electrons. The summed E-state index contributed by atoms with van der Waals surface area (Å²) in [7, 11) is 0. The Hall–Kier alpha value is -1.66. The van der Waals surface area contributed by atoms with Crippen LogP contribution < -0.4 is 10.9 Å². The molecule has 1 atom stereocenters. The third-order valence-electron chi connectivity index (χ3n) is 2.61. The fourth-order valence-corrected chi connectivity index (χ4v) is 1.77. The van der Waals surface area contributed by atoms with Crippen LogP contribution in [0, 0.1) is 0 Å². The number of nitrogens with one attached hydrogen (secondary N) is 2. The van der Waals surface area contributed by atoms with Crippen molar-refractivity contribution in [3.05, 3.63) is 24.4 Å². The van der Waals surface area contributed by atoms with Crippen LogP contribution in [0.4, 0.5) is 5.82 Å².